The lowest BCUT2D eigenvalue weighted by molar-refractivity contribution is -0.404. The van der Waals surface area contributed by atoms with Crippen LogP contribution in [0.5, 0.6) is 5.75 Å². The van der Waals surface area contributed by atoms with Gasteiger partial charge in [-0.2, -0.15) is 5.10 Å². The maximum absolute atomic E-state index is 10.4. The van der Waals surface area contributed by atoms with Gasteiger partial charge >= 0.3 is 11.4 Å². The van der Waals surface area contributed by atoms with Gasteiger partial charge in [0.1, 0.15) is 0 Å². The summed E-state index contributed by atoms with van der Waals surface area (Å²) >= 11 is 0. The number of nitrogens with zero attached hydrogens (tertiary/aromatic N) is 4. The van der Waals surface area contributed by atoms with Crippen molar-refractivity contribution in [1.82, 2.24) is 5.43 Å². The van der Waals surface area contributed by atoms with Gasteiger partial charge < -0.3 is 10.5 Å². The van der Waals surface area contributed by atoms with Crippen molar-refractivity contribution >= 4 is 23.3 Å². The quantitative estimate of drug-likeness (QED) is 0.624. The Hall–Kier alpha value is -3.31. The van der Waals surface area contributed by atoms with Crippen LogP contribution < -0.4 is 5.43 Å². The SMILES string of the molecule is C1=NNCCCC1.O=[N+]([O-])c1cc([N+](=O)[O-])c(O)c([N+](=O)[O-])c1. The first kappa shape index (κ1) is 17.7. The van der Waals surface area contributed by atoms with E-state index < -0.39 is 37.6 Å². The molecule has 1 aromatic rings. The third-order valence-electron chi connectivity index (χ3n) is 2.71. The fraction of sp³-hybridized carbons (Fsp3) is 0.364. The van der Waals surface area contributed by atoms with Crippen molar-refractivity contribution in [2.24, 2.45) is 5.10 Å². The van der Waals surface area contributed by atoms with Gasteiger partial charge in [-0.15, -0.1) is 0 Å². The van der Waals surface area contributed by atoms with Gasteiger partial charge in [0.2, 0.25) is 0 Å². The zero-order chi connectivity index (χ0) is 17.4. The molecule has 12 nitrogen and oxygen atoms in total. The van der Waals surface area contributed by atoms with Crippen LogP contribution in [0, 0.1) is 30.3 Å². The summed E-state index contributed by atoms with van der Waals surface area (Å²) in [6.07, 6.45) is 5.64. The van der Waals surface area contributed by atoms with E-state index in [0.717, 1.165) is 13.0 Å². The number of hydrazone groups is 1. The predicted octanol–water partition coefficient (Wildman–Crippen LogP) is 1.86. The van der Waals surface area contributed by atoms with Crippen LogP contribution in [0.4, 0.5) is 17.1 Å². The van der Waals surface area contributed by atoms with Gasteiger partial charge in [-0.05, 0) is 19.3 Å². The molecule has 0 fully saturated rings. The summed E-state index contributed by atoms with van der Waals surface area (Å²) in [7, 11) is 0. The lowest BCUT2D eigenvalue weighted by Crippen LogP contribution is -2.03. The monoisotopic (exact) mass is 327 g/mol. The third-order valence-corrected chi connectivity index (χ3v) is 2.71. The molecule has 0 saturated heterocycles. The number of nitrogens with one attached hydrogen (secondary N) is 1. The highest BCUT2D eigenvalue weighted by molar-refractivity contribution is 5.64. The molecule has 124 valence electrons. The van der Waals surface area contributed by atoms with Crippen LogP contribution in [0.15, 0.2) is 17.2 Å². The second kappa shape index (κ2) is 8.21. The largest absolute Gasteiger partial charge is 0.497 e. The smallest absolute Gasteiger partial charge is 0.324 e. The highest BCUT2D eigenvalue weighted by Gasteiger charge is 2.30. The minimum atomic E-state index is -1.21. The Kier molecular flexibility index (Phi) is 6.33. The number of hydrogen-bond acceptors (Lipinski definition) is 9. The molecule has 0 spiro atoms. The first-order chi connectivity index (χ1) is 10.8. The minimum Gasteiger partial charge on any atom is -0.497 e. The molecule has 12 heteroatoms. The standard InChI is InChI=1S/C6H3N3O7.C5H10N2/c10-6-4(8(13)14)1-3(7(11)12)2-5(6)9(15)16;1-2-4-6-7-5-3-1/h1-2,10H;4,7H,1-3,5H2. The molecule has 0 aromatic heterocycles. The highest BCUT2D eigenvalue weighted by atomic mass is 16.6. The van der Waals surface area contributed by atoms with Crippen molar-refractivity contribution in [2.45, 2.75) is 19.3 Å². The summed E-state index contributed by atoms with van der Waals surface area (Å²) in [5.74, 6) is -1.21. The second-order valence-electron chi connectivity index (χ2n) is 4.32. The Bertz CT molecular complexity index is 603. The zero-order valence-corrected chi connectivity index (χ0v) is 11.7. The minimum absolute atomic E-state index is 0.447. The molecule has 1 aliphatic rings. The maximum atomic E-state index is 10.4. The summed E-state index contributed by atoms with van der Waals surface area (Å²) in [6.45, 7) is 1.05. The van der Waals surface area contributed by atoms with Gasteiger partial charge in [0.05, 0.1) is 26.9 Å². The molecule has 0 unspecified atom stereocenters. The Morgan fingerprint density at radius 1 is 1.00 bits per heavy atom. The first-order valence-electron chi connectivity index (χ1n) is 6.39. The number of hydrogen-bond donors (Lipinski definition) is 2. The summed E-state index contributed by atoms with van der Waals surface area (Å²) in [6, 6.07) is 0.894. The van der Waals surface area contributed by atoms with Gasteiger partial charge in [0.25, 0.3) is 11.4 Å². The second-order valence-corrected chi connectivity index (χ2v) is 4.32. The van der Waals surface area contributed by atoms with E-state index in [9.17, 15) is 30.3 Å². The van der Waals surface area contributed by atoms with Crippen molar-refractivity contribution in [3.63, 3.8) is 0 Å². The van der Waals surface area contributed by atoms with Crippen LogP contribution in [-0.4, -0.2) is 32.6 Å². The van der Waals surface area contributed by atoms with Crippen LogP contribution in [0.3, 0.4) is 0 Å². The molecule has 23 heavy (non-hydrogen) atoms. The molecule has 0 atom stereocenters. The van der Waals surface area contributed by atoms with E-state index in [0.29, 0.717) is 12.1 Å². The van der Waals surface area contributed by atoms with E-state index in [4.69, 9.17) is 5.11 Å². The summed E-state index contributed by atoms with van der Waals surface area (Å²) < 4.78 is 0. The lowest BCUT2D eigenvalue weighted by atomic mass is 10.2. The molecule has 0 aliphatic carbocycles. The lowest BCUT2D eigenvalue weighted by Gasteiger charge is -1.97. The van der Waals surface area contributed by atoms with Gasteiger partial charge in [0.15, 0.2) is 0 Å². The van der Waals surface area contributed by atoms with E-state index in [-0.39, 0.29) is 0 Å². The number of benzene rings is 1. The molecule has 2 N–H and O–H groups in total. The molecule has 1 aromatic carbocycles. The number of phenols is 1. The van der Waals surface area contributed by atoms with Crippen molar-refractivity contribution < 1.29 is 19.9 Å². The van der Waals surface area contributed by atoms with Gasteiger partial charge in [-0.25, -0.2) is 0 Å². The topological polar surface area (TPSA) is 174 Å². The maximum Gasteiger partial charge on any atom is 0.324 e. The Morgan fingerprint density at radius 3 is 2.04 bits per heavy atom. The molecule has 0 bridgehead atoms. The average Bonchev–Trinajstić information content (AvgIpc) is 2.79. The molecule has 0 amide bonds. The van der Waals surface area contributed by atoms with E-state index in [2.05, 4.69) is 10.5 Å². The molecule has 2 rings (SSSR count). The zero-order valence-electron chi connectivity index (χ0n) is 11.7. The fourth-order valence-corrected chi connectivity index (χ4v) is 1.61. The summed E-state index contributed by atoms with van der Waals surface area (Å²) in [5, 5.41) is 44.1. The van der Waals surface area contributed by atoms with E-state index >= 15 is 0 Å². The number of phenolic OH excluding ortho intramolecular Hbond substituents is 1. The molecule has 1 heterocycles. The van der Waals surface area contributed by atoms with Crippen molar-refractivity contribution in [3.05, 3.63) is 42.5 Å². The van der Waals surface area contributed by atoms with Crippen LogP contribution >= 0.6 is 0 Å². The Morgan fingerprint density at radius 2 is 1.57 bits per heavy atom. The number of nitro benzene ring substituents is 3. The van der Waals surface area contributed by atoms with E-state index in [1.165, 1.54) is 12.8 Å². The number of rotatable bonds is 3. The molecule has 1 aliphatic heterocycles. The predicted molar refractivity (Wildman–Crippen MR) is 78.4 cm³/mol. The van der Waals surface area contributed by atoms with E-state index in [1.807, 2.05) is 6.21 Å². The van der Waals surface area contributed by atoms with Gasteiger partial charge in [0, 0.05) is 12.8 Å². The average molecular weight is 327 g/mol. The Balaban J connectivity index is 0.000000313. The first-order valence-corrected chi connectivity index (χ1v) is 6.39. The molecule has 0 radical (unpaired) electrons. The molecular formula is C11H13N5O7. The summed E-state index contributed by atoms with van der Waals surface area (Å²) in [5.41, 5.74) is -0.0852. The molecule has 0 saturated carbocycles. The Labute approximate surface area is 128 Å². The highest BCUT2D eigenvalue weighted by Crippen LogP contribution is 2.38. The van der Waals surface area contributed by atoms with Gasteiger partial charge in [-0.3, -0.25) is 30.3 Å². The van der Waals surface area contributed by atoms with E-state index in [1.54, 1.807) is 0 Å². The molecular weight excluding hydrogens is 314 g/mol. The third kappa shape index (κ3) is 5.18. The number of aromatic hydroxyl groups is 1. The van der Waals surface area contributed by atoms with Crippen LogP contribution in [0.25, 0.3) is 0 Å². The van der Waals surface area contributed by atoms with Gasteiger partial charge in [-0.1, -0.05) is 0 Å². The van der Waals surface area contributed by atoms with Crippen molar-refractivity contribution in [2.75, 3.05) is 6.54 Å². The van der Waals surface area contributed by atoms with Crippen LogP contribution in [0.1, 0.15) is 19.3 Å². The summed E-state index contributed by atoms with van der Waals surface area (Å²) in [4.78, 5) is 27.8. The van der Waals surface area contributed by atoms with Crippen LogP contribution in [0.2, 0.25) is 0 Å². The van der Waals surface area contributed by atoms with Crippen molar-refractivity contribution in [1.29, 1.82) is 0 Å². The van der Waals surface area contributed by atoms with Crippen LogP contribution in [-0.2, 0) is 0 Å². The van der Waals surface area contributed by atoms with Crippen molar-refractivity contribution in [3.8, 4) is 5.75 Å². The number of non-ortho nitro benzene ring substituents is 1. The fourth-order valence-electron chi connectivity index (χ4n) is 1.61. The number of nitro groups is 3. The normalized spacial score (nSPS) is 13.0.